The van der Waals surface area contributed by atoms with Crippen molar-refractivity contribution in [3.05, 3.63) is 41.4 Å². The van der Waals surface area contributed by atoms with E-state index in [2.05, 4.69) is 31.2 Å². The van der Waals surface area contributed by atoms with Gasteiger partial charge in [-0.1, -0.05) is 39.0 Å². The lowest BCUT2D eigenvalue weighted by atomic mass is 10.0. The second-order valence-corrected chi connectivity index (χ2v) is 12.8. The van der Waals surface area contributed by atoms with Crippen LogP contribution >= 0.6 is 23.1 Å². The lowest BCUT2D eigenvalue weighted by molar-refractivity contribution is 0.0686. The molecule has 3 unspecified atom stereocenters. The molecule has 1 spiro atoms. The Kier molecular flexibility index (Phi) is 7.40. The summed E-state index contributed by atoms with van der Waals surface area (Å²) in [6, 6.07) is 7.07. The van der Waals surface area contributed by atoms with E-state index in [0.29, 0.717) is 24.4 Å². The Morgan fingerprint density at radius 2 is 1.78 bits per heavy atom. The van der Waals surface area contributed by atoms with Crippen molar-refractivity contribution in [2.45, 2.75) is 86.9 Å². The SMILES string of the molecule is CCCCCCC1=CC2C3Sc4cc5c(cc4C23O1)sc1cc(CCCCCCOCCOC)oc15. The maximum atomic E-state index is 6.68. The molecule has 2 aromatic heterocycles. The van der Waals surface area contributed by atoms with E-state index >= 15 is 0 Å². The highest BCUT2D eigenvalue weighted by Gasteiger charge is 2.74. The summed E-state index contributed by atoms with van der Waals surface area (Å²) in [5.41, 5.74) is 2.43. The van der Waals surface area contributed by atoms with Crippen molar-refractivity contribution in [2.75, 3.05) is 26.9 Å². The molecular weight excluding hydrogens is 488 g/mol. The Morgan fingerprint density at radius 3 is 2.67 bits per heavy atom. The number of rotatable bonds is 15. The van der Waals surface area contributed by atoms with E-state index in [0.717, 1.165) is 37.2 Å². The van der Waals surface area contributed by atoms with E-state index in [9.17, 15) is 0 Å². The Bertz CT molecular complexity index is 1240. The second kappa shape index (κ2) is 10.7. The Hall–Kier alpha value is -1.47. The summed E-state index contributed by atoms with van der Waals surface area (Å²) in [6.07, 6.45) is 14.4. The number of hydrogen-bond acceptors (Lipinski definition) is 6. The number of ether oxygens (including phenoxy) is 3. The molecule has 3 atom stereocenters. The molecule has 4 nitrogen and oxygen atoms in total. The number of methoxy groups -OCH3 is 1. The zero-order chi connectivity index (χ0) is 24.5. The summed E-state index contributed by atoms with van der Waals surface area (Å²) in [4.78, 5) is 1.40. The summed E-state index contributed by atoms with van der Waals surface area (Å²) in [7, 11) is 1.71. The van der Waals surface area contributed by atoms with Gasteiger partial charge in [-0.05, 0) is 43.5 Å². The van der Waals surface area contributed by atoms with Gasteiger partial charge in [0.2, 0.25) is 0 Å². The number of benzene rings is 1. The molecular formula is C30H38O4S2. The van der Waals surface area contributed by atoms with E-state index in [4.69, 9.17) is 18.6 Å². The fourth-order valence-corrected chi connectivity index (χ4v) is 8.72. The van der Waals surface area contributed by atoms with Gasteiger partial charge in [0.1, 0.15) is 5.76 Å². The van der Waals surface area contributed by atoms with Crippen LogP contribution in [0.1, 0.15) is 76.0 Å². The van der Waals surface area contributed by atoms with Crippen molar-refractivity contribution in [1.29, 1.82) is 0 Å². The number of thiophene rings is 1. The molecule has 36 heavy (non-hydrogen) atoms. The van der Waals surface area contributed by atoms with Crippen molar-refractivity contribution in [3.63, 3.8) is 0 Å². The molecule has 0 N–H and O–H groups in total. The van der Waals surface area contributed by atoms with Crippen molar-refractivity contribution >= 4 is 43.5 Å². The van der Waals surface area contributed by atoms with Gasteiger partial charge in [-0.3, -0.25) is 0 Å². The summed E-state index contributed by atoms with van der Waals surface area (Å²) < 4.78 is 26.2. The third-order valence-corrected chi connectivity index (χ3v) is 10.5. The van der Waals surface area contributed by atoms with Gasteiger partial charge in [0, 0.05) is 53.0 Å². The Morgan fingerprint density at radius 1 is 0.917 bits per heavy atom. The van der Waals surface area contributed by atoms with Gasteiger partial charge >= 0.3 is 0 Å². The fourth-order valence-electron chi connectivity index (χ4n) is 5.95. The van der Waals surface area contributed by atoms with Gasteiger partial charge in [0.25, 0.3) is 0 Å². The van der Waals surface area contributed by atoms with Crippen LogP contribution < -0.4 is 0 Å². The molecule has 4 heterocycles. The maximum Gasteiger partial charge on any atom is 0.155 e. The van der Waals surface area contributed by atoms with Crippen LogP contribution in [0.4, 0.5) is 0 Å². The minimum Gasteiger partial charge on any atom is -0.485 e. The summed E-state index contributed by atoms with van der Waals surface area (Å²) in [5.74, 6) is 2.93. The minimum atomic E-state index is -0.0701. The Balaban J connectivity index is 1.06. The van der Waals surface area contributed by atoms with Crippen LogP contribution in [0.25, 0.3) is 20.4 Å². The second-order valence-electron chi connectivity index (χ2n) is 10.5. The molecule has 0 radical (unpaired) electrons. The quantitative estimate of drug-likeness (QED) is 0.185. The van der Waals surface area contributed by atoms with Gasteiger partial charge in [-0.2, -0.15) is 0 Å². The van der Waals surface area contributed by atoms with E-state index in [-0.39, 0.29) is 5.60 Å². The van der Waals surface area contributed by atoms with Gasteiger partial charge in [0.15, 0.2) is 11.2 Å². The standard InChI is InChI=1S/C30H38O4S2/c1-3-4-5-8-12-21-16-24-29-30(24,34-21)23-19-25-22(18-26(23)36-29)28-27(35-25)17-20(33-28)11-9-6-7-10-13-32-15-14-31-2/h16-19,24,29H,3-15H2,1-2H3. The minimum absolute atomic E-state index is 0.0701. The first-order chi connectivity index (χ1) is 17.7. The molecule has 6 heteroatoms. The molecule has 0 bridgehead atoms. The predicted molar refractivity (Wildman–Crippen MR) is 149 cm³/mol. The molecule has 3 aromatic rings. The zero-order valence-electron chi connectivity index (χ0n) is 21.6. The third-order valence-electron chi connectivity index (χ3n) is 7.94. The molecule has 3 aliphatic rings. The molecule has 1 fully saturated rings. The first-order valence-corrected chi connectivity index (χ1v) is 15.6. The van der Waals surface area contributed by atoms with E-state index in [1.807, 2.05) is 23.1 Å². The summed E-state index contributed by atoms with van der Waals surface area (Å²) in [5, 5.41) is 1.84. The van der Waals surface area contributed by atoms with Crippen molar-refractivity contribution in [2.24, 2.45) is 5.92 Å². The fraction of sp³-hybridized carbons (Fsp3) is 0.600. The monoisotopic (exact) mass is 526 g/mol. The number of allylic oxidation sites excluding steroid dienone is 1. The first kappa shape index (κ1) is 24.8. The molecule has 194 valence electrons. The number of aryl methyl sites for hydroxylation is 1. The number of thioether (sulfide) groups is 1. The van der Waals surface area contributed by atoms with Crippen molar-refractivity contribution in [3.8, 4) is 0 Å². The van der Waals surface area contributed by atoms with E-state index < -0.39 is 0 Å². The van der Waals surface area contributed by atoms with Crippen LogP contribution in [0, 0.1) is 5.92 Å². The molecule has 2 aliphatic heterocycles. The zero-order valence-corrected chi connectivity index (χ0v) is 23.2. The number of unbranched alkanes of at least 4 members (excludes halogenated alkanes) is 6. The topological polar surface area (TPSA) is 40.8 Å². The van der Waals surface area contributed by atoms with Crippen LogP contribution in [0.2, 0.25) is 0 Å². The lowest BCUT2D eigenvalue weighted by Gasteiger charge is -2.17. The Labute approximate surface area is 222 Å². The summed E-state index contributed by atoms with van der Waals surface area (Å²) >= 11 is 3.89. The number of hydrogen-bond donors (Lipinski definition) is 0. The molecule has 0 amide bonds. The van der Waals surface area contributed by atoms with Gasteiger partial charge in [0.05, 0.1) is 28.9 Å². The van der Waals surface area contributed by atoms with Crippen molar-refractivity contribution < 1.29 is 18.6 Å². The molecule has 1 aromatic carbocycles. The van der Waals surface area contributed by atoms with Gasteiger partial charge in [-0.15, -0.1) is 23.1 Å². The lowest BCUT2D eigenvalue weighted by Crippen LogP contribution is -2.11. The van der Waals surface area contributed by atoms with Crippen LogP contribution in [-0.4, -0.2) is 32.2 Å². The maximum absolute atomic E-state index is 6.68. The van der Waals surface area contributed by atoms with Gasteiger partial charge in [-0.25, -0.2) is 0 Å². The highest BCUT2D eigenvalue weighted by atomic mass is 32.2. The largest absolute Gasteiger partial charge is 0.485 e. The van der Waals surface area contributed by atoms with Crippen LogP contribution in [0.15, 0.2) is 39.3 Å². The van der Waals surface area contributed by atoms with Crippen molar-refractivity contribution in [1.82, 2.24) is 0 Å². The molecule has 6 rings (SSSR count). The molecule has 0 saturated heterocycles. The van der Waals surface area contributed by atoms with E-state index in [1.54, 1.807) is 7.11 Å². The smallest absolute Gasteiger partial charge is 0.155 e. The third kappa shape index (κ3) is 4.53. The average Bonchev–Trinajstić information content (AvgIpc) is 3.36. The van der Waals surface area contributed by atoms with Crippen LogP contribution in [0.5, 0.6) is 0 Å². The van der Waals surface area contributed by atoms with Crippen LogP contribution in [-0.2, 0) is 26.2 Å². The van der Waals surface area contributed by atoms with Crippen LogP contribution in [0.3, 0.4) is 0 Å². The summed E-state index contributed by atoms with van der Waals surface area (Å²) in [6.45, 7) is 4.48. The average molecular weight is 527 g/mol. The molecule has 1 aliphatic carbocycles. The highest BCUT2D eigenvalue weighted by Crippen LogP contribution is 2.74. The first-order valence-electron chi connectivity index (χ1n) is 13.9. The van der Waals surface area contributed by atoms with E-state index in [1.165, 1.54) is 75.9 Å². The normalized spacial score (nSPS) is 23.7. The number of fused-ring (bicyclic) bond motifs is 5. The molecule has 1 saturated carbocycles. The predicted octanol–water partition coefficient (Wildman–Crippen LogP) is 8.60. The number of furan rings is 1. The highest BCUT2D eigenvalue weighted by molar-refractivity contribution is 8.00. The van der Waals surface area contributed by atoms with Gasteiger partial charge < -0.3 is 18.6 Å².